The van der Waals surface area contributed by atoms with E-state index in [1.165, 1.54) is 5.57 Å². The Hall–Kier alpha value is -0.790. The Morgan fingerprint density at radius 1 is 0.959 bits per heavy atom. The van der Waals surface area contributed by atoms with Crippen LogP contribution in [0.1, 0.15) is 79.1 Å². The molecule has 0 aromatic heterocycles. The van der Waals surface area contributed by atoms with Crippen molar-refractivity contribution >= 4 is 10.4 Å². The molecule has 14 nitrogen and oxygen atoms in total. The van der Waals surface area contributed by atoms with Crippen LogP contribution in [0, 0.1) is 34.5 Å². The SMILES string of the molecule is CO[C@@H]1C[C@H](O[C@H]2CC[C@@]3(C)C(=CC[C@H]4[C@@H]5C[C@@H](O[C@@H]6O[C@H](COS(=O)(=O)O)[C@@H](O)[C@H](O)[C@H]6O)[C@H](C(C)O)[C@@]5(C)CC[C@@H]43)C2)O[C@H](C)[C@H]1O. The molecule has 5 fully saturated rings. The Kier molecular flexibility index (Phi) is 11.0. The Bertz CT molecular complexity index is 1310. The minimum atomic E-state index is -4.84. The first kappa shape index (κ1) is 38.0. The summed E-state index contributed by atoms with van der Waals surface area (Å²) in [5, 5.41) is 53.3. The van der Waals surface area contributed by atoms with Gasteiger partial charge in [-0.05, 0) is 87.4 Å². The smallest absolute Gasteiger partial charge is 0.393 e. The third-order valence-electron chi connectivity index (χ3n) is 13.3. The van der Waals surface area contributed by atoms with Gasteiger partial charge in [0.25, 0.3) is 0 Å². The van der Waals surface area contributed by atoms with Gasteiger partial charge in [-0.3, -0.25) is 4.55 Å². The normalized spacial score (nSPS) is 50.9. The number of aliphatic hydroxyl groups excluding tert-OH is 5. The van der Waals surface area contributed by atoms with Gasteiger partial charge in [0.1, 0.15) is 30.5 Å². The minimum absolute atomic E-state index is 0.00145. The Morgan fingerprint density at radius 3 is 2.37 bits per heavy atom. The zero-order valence-corrected chi connectivity index (χ0v) is 29.9. The molecule has 2 saturated heterocycles. The highest BCUT2D eigenvalue weighted by atomic mass is 32.3. The van der Waals surface area contributed by atoms with Crippen molar-refractivity contribution in [3.8, 4) is 0 Å². The fraction of sp³-hybridized carbons (Fsp3) is 0.941. The largest absolute Gasteiger partial charge is 0.397 e. The highest BCUT2D eigenvalue weighted by Gasteiger charge is 2.63. The number of allylic oxidation sites excluding steroid dienone is 1. The molecule has 6 rings (SSSR count). The molecule has 0 aromatic carbocycles. The van der Waals surface area contributed by atoms with Crippen molar-refractivity contribution < 1.29 is 66.4 Å². The van der Waals surface area contributed by atoms with Gasteiger partial charge in [-0.2, -0.15) is 8.42 Å². The molecule has 0 spiro atoms. The maximum Gasteiger partial charge on any atom is 0.397 e. The van der Waals surface area contributed by atoms with Gasteiger partial charge in [0.15, 0.2) is 12.6 Å². The van der Waals surface area contributed by atoms with Gasteiger partial charge in [-0.1, -0.05) is 25.5 Å². The summed E-state index contributed by atoms with van der Waals surface area (Å²) < 4.78 is 65.7. The zero-order chi connectivity index (χ0) is 35.6. The molecule has 15 heteroatoms. The van der Waals surface area contributed by atoms with Crippen molar-refractivity contribution in [2.45, 2.75) is 153 Å². The van der Waals surface area contributed by atoms with E-state index in [2.05, 4.69) is 24.1 Å². The summed E-state index contributed by atoms with van der Waals surface area (Å²) in [7, 11) is -3.24. The van der Waals surface area contributed by atoms with Crippen LogP contribution in [0.5, 0.6) is 0 Å². The van der Waals surface area contributed by atoms with E-state index in [9.17, 15) is 34.0 Å². The van der Waals surface area contributed by atoms with Crippen molar-refractivity contribution in [1.82, 2.24) is 0 Å². The molecule has 3 saturated carbocycles. The van der Waals surface area contributed by atoms with Gasteiger partial charge in [0.05, 0.1) is 37.1 Å². The molecule has 0 bridgehead atoms. The van der Waals surface area contributed by atoms with Crippen LogP contribution in [-0.4, -0.2) is 126 Å². The third-order valence-corrected chi connectivity index (χ3v) is 13.8. The van der Waals surface area contributed by atoms with E-state index < -0.39 is 72.3 Å². The van der Waals surface area contributed by atoms with Gasteiger partial charge in [-0.15, -0.1) is 0 Å². The molecule has 18 atom stereocenters. The van der Waals surface area contributed by atoms with Gasteiger partial charge < -0.3 is 49.2 Å². The lowest BCUT2D eigenvalue weighted by Crippen LogP contribution is -2.60. The van der Waals surface area contributed by atoms with Crippen molar-refractivity contribution in [2.24, 2.45) is 34.5 Å². The molecule has 4 aliphatic carbocycles. The van der Waals surface area contributed by atoms with E-state index in [-0.39, 0.29) is 41.0 Å². The second-order valence-corrected chi connectivity index (χ2v) is 17.1. The van der Waals surface area contributed by atoms with Gasteiger partial charge in [-0.25, -0.2) is 4.18 Å². The Balaban J connectivity index is 1.16. The highest BCUT2D eigenvalue weighted by molar-refractivity contribution is 7.80. The fourth-order valence-electron chi connectivity index (χ4n) is 10.8. The summed E-state index contributed by atoms with van der Waals surface area (Å²) in [5.41, 5.74) is 1.14. The molecule has 282 valence electrons. The molecule has 0 radical (unpaired) electrons. The average molecular weight is 721 g/mol. The maximum absolute atomic E-state index is 11.2. The van der Waals surface area contributed by atoms with Crippen molar-refractivity contribution in [3.63, 3.8) is 0 Å². The van der Waals surface area contributed by atoms with Crippen LogP contribution in [0.3, 0.4) is 0 Å². The van der Waals surface area contributed by atoms with Crippen LogP contribution in [0.15, 0.2) is 11.6 Å². The van der Waals surface area contributed by atoms with Crippen LogP contribution >= 0.6 is 0 Å². The summed E-state index contributed by atoms with van der Waals surface area (Å²) in [6, 6.07) is 0. The molecule has 6 N–H and O–H groups in total. The molecule has 2 aliphatic heterocycles. The van der Waals surface area contributed by atoms with Gasteiger partial charge in [0.2, 0.25) is 0 Å². The highest BCUT2D eigenvalue weighted by Crippen LogP contribution is 2.67. The quantitative estimate of drug-likeness (QED) is 0.147. The van der Waals surface area contributed by atoms with Crippen LogP contribution in [0.4, 0.5) is 0 Å². The van der Waals surface area contributed by atoms with E-state index in [0.717, 1.165) is 38.5 Å². The first-order chi connectivity index (χ1) is 23.0. The lowest BCUT2D eigenvalue weighted by atomic mass is 9.47. The second-order valence-electron chi connectivity index (χ2n) is 16.0. The standard InChI is InChI=1S/C34H56O14S/c1-16(35)27-23(47-32-31(39)30(38)29(37)25(48-32)15-44-49(40,41)42)13-22-20-7-6-18-12-19(46-26-14-24(43-5)28(36)17(2)45-26)8-10-33(18,3)21(20)9-11-34(22,27)4/h6,16-17,19-32,35-39H,7-15H2,1-5H3,(H,40,41,42)/t16?,17-,19+,20-,21+,22+,23-,24-,25-,26+,27+,28-,29-,30+,31-,32-,33+,34+/m1/s1. The maximum atomic E-state index is 11.2. The zero-order valence-electron chi connectivity index (χ0n) is 29.0. The number of fused-ring (bicyclic) bond motifs is 5. The summed E-state index contributed by atoms with van der Waals surface area (Å²) >= 11 is 0. The minimum Gasteiger partial charge on any atom is -0.393 e. The van der Waals surface area contributed by atoms with Crippen LogP contribution < -0.4 is 0 Å². The number of hydrogen-bond acceptors (Lipinski definition) is 13. The van der Waals surface area contributed by atoms with E-state index in [0.29, 0.717) is 24.7 Å². The van der Waals surface area contributed by atoms with E-state index in [1.54, 1.807) is 14.0 Å². The van der Waals surface area contributed by atoms with Gasteiger partial charge >= 0.3 is 10.4 Å². The molecular weight excluding hydrogens is 664 g/mol. The predicted octanol–water partition coefficient (Wildman–Crippen LogP) is 1.46. The predicted molar refractivity (Wildman–Crippen MR) is 172 cm³/mol. The van der Waals surface area contributed by atoms with E-state index in [4.69, 9.17) is 28.2 Å². The van der Waals surface area contributed by atoms with Crippen molar-refractivity contribution in [3.05, 3.63) is 11.6 Å². The monoisotopic (exact) mass is 720 g/mol. The molecule has 2 heterocycles. The number of ether oxygens (including phenoxy) is 5. The topological polar surface area (TPSA) is 211 Å². The van der Waals surface area contributed by atoms with E-state index in [1.807, 2.05) is 6.92 Å². The fourth-order valence-corrected chi connectivity index (χ4v) is 11.1. The summed E-state index contributed by atoms with van der Waals surface area (Å²) in [6.07, 6.45) is -2.05. The summed E-state index contributed by atoms with van der Waals surface area (Å²) in [5.74, 6) is 0.658. The third kappa shape index (κ3) is 7.15. The lowest BCUT2D eigenvalue weighted by Gasteiger charge is -2.58. The Labute approximate surface area is 289 Å². The average Bonchev–Trinajstić information content (AvgIpc) is 3.34. The first-order valence-corrected chi connectivity index (χ1v) is 19.2. The summed E-state index contributed by atoms with van der Waals surface area (Å²) in [6.45, 7) is 7.39. The number of hydrogen-bond donors (Lipinski definition) is 6. The number of methoxy groups -OCH3 is 1. The molecule has 0 amide bonds. The number of rotatable bonds is 9. The van der Waals surface area contributed by atoms with Crippen LogP contribution in [0.25, 0.3) is 0 Å². The van der Waals surface area contributed by atoms with Crippen molar-refractivity contribution in [2.75, 3.05) is 13.7 Å². The van der Waals surface area contributed by atoms with Crippen LogP contribution in [0.2, 0.25) is 0 Å². The van der Waals surface area contributed by atoms with Crippen molar-refractivity contribution in [1.29, 1.82) is 0 Å². The molecular formula is C34H56O14S. The van der Waals surface area contributed by atoms with Crippen LogP contribution in [-0.2, 0) is 38.3 Å². The lowest BCUT2D eigenvalue weighted by molar-refractivity contribution is -0.315. The van der Waals surface area contributed by atoms with E-state index >= 15 is 0 Å². The second kappa shape index (κ2) is 14.2. The molecule has 6 aliphatic rings. The first-order valence-electron chi connectivity index (χ1n) is 17.8. The molecule has 1 unspecified atom stereocenters. The molecule has 0 aromatic rings. The number of aliphatic hydroxyl groups is 5. The van der Waals surface area contributed by atoms with Gasteiger partial charge in [0, 0.05) is 19.4 Å². The molecule has 49 heavy (non-hydrogen) atoms. The Morgan fingerprint density at radius 2 is 1.69 bits per heavy atom. The summed E-state index contributed by atoms with van der Waals surface area (Å²) in [4.78, 5) is 0.